The molecule has 3 aromatic carbocycles. The van der Waals surface area contributed by atoms with E-state index < -0.39 is 18.3 Å². The Hall–Kier alpha value is -2.79. The van der Waals surface area contributed by atoms with Gasteiger partial charge in [-0.15, -0.1) is 0 Å². The SMILES string of the molecule is Oc1ccccc1C(NC(c1ccccc1)c1ccccc1)C(F)(F)F. The van der Waals surface area contributed by atoms with E-state index >= 15 is 0 Å². The Bertz CT molecular complexity index is 795. The molecular weight excluding hydrogens is 339 g/mol. The van der Waals surface area contributed by atoms with Crippen molar-refractivity contribution < 1.29 is 18.3 Å². The highest BCUT2D eigenvalue weighted by Gasteiger charge is 2.43. The van der Waals surface area contributed by atoms with Crippen LogP contribution < -0.4 is 5.32 Å². The van der Waals surface area contributed by atoms with Crippen LogP contribution in [-0.2, 0) is 0 Å². The number of halogens is 3. The summed E-state index contributed by atoms with van der Waals surface area (Å²) >= 11 is 0. The van der Waals surface area contributed by atoms with E-state index in [1.54, 1.807) is 48.5 Å². The van der Waals surface area contributed by atoms with Crippen molar-refractivity contribution in [3.05, 3.63) is 102 Å². The quantitative estimate of drug-likeness (QED) is 0.643. The van der Waals surface area contributed by atoms with Crippen molar-refractivity contribution in [1.29, 1.82) is 0 Å². The van der Waals surface area contributed by atoms with Gasteiger partial charge in [0.05, 0.1) is 6.04 Å². The molecule has 0 spiro atoms. The number of benzene rings is 3. The van der Waals surface area contributed by atoms with Crippen LogP contribution in [0.3, 0.4) is 0 Å². The maximum atomic E-state index is 13.8. The van der Waals surface area contributed by atoms with Gasteiger partial charge in [-0.05, 0) is 17.2 Å². The fourth-order valence-electron chi connectivity index (χ4n) is 2.93. The van der Waals surface area contributed by atoms with Gasteiger partial charge in [0.25, 0.3) is 0 Å². The lowest BCUT2D eigenvalue weighted by atomic mass is 9.96. The maximum Gasteiger partial charge on any atom is 0.408 e. The number of phenols is 1. The summed E-state index contributed by atoms with van der Waals surface area (Å²) in [6, 6.07) is 20.7. The Balaban J connectivity index is 2.05. The molecule has 0 aromatic heterocycles. The second-order valence-corrected chi connectivity index (χ2v) is 5.95. The minimum atomic E-state index is -4.57. The third kappa shape index (κ3) is 4.06. The molecule has 3 rings (SSSR count). The molecule has 0 bridgehead atoms. The number of alkyl halides is 3. The standard InChI is InChI=1S/C21H18F3NO/c22-21(23,24)20(17-13-7-8-14-18(17)26)25-19(15-9-3-1-4-10-15)16-11-5-2-6-12-16/h1-14,19-20,25-26H. The number of para-hydroxylation sites is 1. The fraction of sp³-hybridized carbons (Fsp3) is 0.143. The predicted octanol–water partition coefficient (Wildman–Crippen LogP) is 5.37. The lowest BCUT2D eigenvalue weighted by molar-refractivity contribution is -0.159. The number of nitrogens with one attached hydrogen (secondary N) is 1. The van der Waals surface area contributed by atoms with Gasteiger partial charge < -0.3 is 5.11 Å². The molecule has 0 aliphatic heterocycles. The van der Waals surface area contributed by atoms with Crippen LogP contribution >= 0.6 is 0 Å². The second-order valence-electron chi connectivity index (χ2n) is 5.95. The molecule has 1 atom stereocenters. The maximum absolute atomic E-state index is 13.8. The van der Waals surface area contributed by atoms with Gasteiger partial charge >= 0.3 is 6.18 Å². The van der Waals surface area contributed by atoms with E-state index in [2.05, 4.69) is 5.32 Å². The molecule has 0 aliphatic rings. The molecule has 2 N–H and O–H groups in total. The van der Waals surface area contributed by atoms with Gasteiger partial charge in [-0.2, -0.15) is 13.2 Å². The third-order valence-corrected chi connectivity index (χ3v) is 4.17. The van der Waals surface area contributed by atoms with Crippen molar-refractivity contribution in [3.63, 3.8) is 0 Å². The van der Waals surface area contributed by atoms with Crippen LogP contribution in [0.15, 0.2) is 84.9 Å². The Morgan fingerprint density at radius 1 is 0.692 bits per heavy atom. The molecule has 2 nitrogen and oxygen atoms in total. The minimum absolute atomic E-state index is 0.197. The van der Waals surface area contributed by atoms with Crippen LogP contribution in [0.2, 0.25) is 0 Å². The largest absolute Gasteiger partial charge is 0.508 e. The average Bonchev–Trinajstić information content (AvgIpc) is 2.64. The van der Waals surface area contributed by atoms with Crippen LogP contribution in [0.25, 0.3) is 0 Å². The summed E-state index contributed by atoms with van der Waals surface area (Å²) in [6.45, 7) is 0. The zero-order valence-corrected chi connectivity index (χ0v) is 13.8. The zero-order valence-electron chi connectivity index (χ0n) is 13.8. The summed E-state index contributed by atoms with van der Waals surface area (Å²) in [7, 11) is 0. The first kappa shape index (κ1) is 18.0. The predicted molar refractivity (Wildman–Crippen MR) is 94.8 cm³/mol. The van der Waals surface area contributed by atoms with Crippen molar-refractivity contribution in [2.24, 2.45) is 0 Å². The molecule has 0 saturated carbocycles. The van der Waals surface area contributed by atoms with Gasteiger partial charge in [-0.1, -0.05) is 78.9 Å². The molecule has 0 heterocycles. The Morgan fingerprint density at radius 3 is 1.62 bits per heavy atom. The van der Waals surface area contributed by atoms with E-state index in [-0.39, 0.29) is 11.3 Å². The number of hydrogen-bond donors (Lipinski definition) is 2. The highest BCUT2D eigenvalue weighted by Crippen LogP contribution is 2.39. The molecule has 26 heavy (non-hydrogen) atoms. The summed E-state index contributed by atoms with van der Waals surface area (Å²) in [5.41, 5.74) is 1.23. The Morgan fingerprint density at radius 2 is 1.15 bits per heavy atom. The highest BCUT2D eigenvalue weighted by molar-refractivity contribution is 5.37. The molecule has 5 heteroatoms. The van der Waals surface area contributed by atoms with Crippen LogP contribution in [0, 0.1) is 0 Å². The summed E-state index contributed by atoms with van der Waals surface area (Å²) in [5, 5.41) is 12.7. The summed E-state index contributed by atoms with van der Waals surface area (Å²) in [4.78, 5) is 0. The van der Waals surface area contributed by atoms with Crippen LogP contribution in [0.5, 0.6) is 5.75 Å². The Labute approximate surface area is 149 Å². The number of aromatic hydroxyl groups is 1. The van der Waals surface area contributed by atoms with Gasteiger partial charge in [0.2, 0.25) is 0 Å². The molecule has 0 radical (unpaired) electrons. The van der Waals surface area contributed by atoms with Crippen molar-refractivity contribution in [2.45, 2.75) is 18.3 Å². The van der Waals surface area contributed by atoms with E-state index in [1.165, 1.54) is 24.3 Å². The van der Waals surface area contributed by atoms with E-state index in [0.29, 0.717) is 11.1 Å². The first-order valence-corrected chi connectivity index (χ1v) is 8.17. The van der Waals surface area contributed by atoms with Crippen molar-refractivity contribution in [3.8, 4) is 5.75 Å². The van der Waals surface area contributed by atoms with Crippen molar-refractivity contribution >= 4 is 0 Å². The topological polar surface area (TPSA) is 32.3 Å². The molecule has 1 unspecified atom stereocenters. The van der Waals surface area contributed by atoms with Gasteiger partial charge in [0.1, 0.15) is 11.8 Å². The normalized spacial score (nSPS) is 12.9. The lowest BCUT2D eigenvalue weighted by Gasteiger charge is -2.29. The van der Waals surface area contributed by atoms with E-state index in [4.69, 9.17) is 0 Å². The van der Waals surface area contributed by atoms with E-state index in [9.17, 15) is 18.3 Å². The van der Waals surface area contributed by atoms with E-state index in [1.807, 2.05) is 12.1 Å². The first-order chi connectivity index (χ1) is 12.5. The average molecular weight is 357 g/mol. The molecule has 134 valence electrons. The van der Waals surface area contributed by atoms with Crippen LogP contribution in [-0.4, -0.2) is 11.3 Å². The summed E-state index contributed by atoms with van der Waals surface area (Å²) in [5.74, 6) is -0.387. The number of hydrogen-bond acceptors (Lipinski definition) is 2. The number of rotatable bonds is 5. The Kier molecular flexibility index (Phi) is 5.28. The molecule has 0 amide bonds. The van der Waals surface area contributed by atoms with Gasteiger partial charge in [0.15, 0.2) is 0 Å². The first-order valence-electron chi connectivity index (χ1n) is 8.17. The summed E-state index contributed by atoms with van der Waals surface area (Å²) in [6.07, 6.45) is -4.57. The molecule has 0 saturated heterocycles. The van der Waals surface area contributed by atoms with Gasteiger partial charge in [-0.3, -0.25) is 5.32 Å². The fourth-order valence-corrected chi connectivity index (χ4v) is 2.93. The van der Waals surface area contributed by atoms with Crippen molar-refractivity contribution in [2.75, 3.05) is 0 Å². The number of phenolic OH excluding ortho intramolecular Hbond substituents is 1. The smallest absolute Gasteiger partial charge is 0.408 e. The minimum Gasteiger partial charge on any atom is -0.508 e. The van der Waals surface area contributed by atoms with Gasteiger partial charge in [0, 0.05) is 5.56 Å². The molecule has 3 aromatic rings. The second kappa shape index (κ2) is 7.62. The molecular formula is C21H18F3NO. The molecule has 0 aliphatic carbocycles. The van der Waals surface area contributed by atoms with E-state index in [0.717, 1.165) is 0 Å². The van der Waals surface area contributed by atoms with Crippen LogP contribution in [0.4, 0.5) is 13.2 Å². The van der Waals surface area contributed by atoms with Crippen molar-refractivity contribution in [1.82, 2.24) is 5.32 Å². The zero-order chi connectivity index (χ0) is 18.6. The van der Waals surface area contributed by atoms with Crippen LogP contribution in [0.1, 0.15) is 28.8 Å². The third-order valence-electron chi connectivity index (χ3n) is 4.17. The summed E-state index contributed by atoms with van der Waals surface area (Å²) < 4.78 is 41.4. The lowest BCUT2D eigenvalue weighted by Crippen LogP contribution is -2.37. The monoisotopic (exact) mass is 357 g/mol. The molecule has 0 fully saturated rings. The van der Waals surface area contributed by atoms with Gasteiger partial charge in [-0.25, -0.2) is 0 Å². The highest BCUT2D eigenvalue weighted by atomic mass is 19.4.